The first-order valence-corrected chi connectivity index (χ1v) is 8.50. The summed E-state index contributed by atoms with van der Waals surface area (Å²) >= 11 is 0. The second-order valence-electron chi connectivity index (χ2n) is 7.72. The van der Waals surface area contributed by atoms with Crippen molar-refractivity contribution in [2.75, 3.05) is 13.1 Å². The van der Waals surface area contributed by atoms with Crippen molar-refractivity contribution in [2.45, 2.75) is 45.6 Å². The normalized spacial score (nSPS) is 21.6. The Hall–Kier alpha value is -2.11. The summed E-state index contributed by atoms with van der Waals surface area (Å²) in [5.74, 6) is -1.70. The zero-order valence-electron chi connectivity index (χ0n) is 14.9. The van der Waals surface area contributed by atoms with Crippen LogP contribution in [0.3, 0.4) is 0 Å². The van der Waals surface area contributed by atoms with Gasteiger partial charge in [-0.05, 0) is 51.2 Å². The molecule has 0 radical (unpaired) electrons. The number of carbonyl (C=O) groups is 1. The number of hydrogen-bond donors (Lipinski definition) is 0. The van der Waals surface area contributed by atoms with Crippen LogP contribution in [0.15, 0.2) is 22.8 Å². The van der Waals surface area contributed by atoms with Crippen LogP contribution in [0.1, 0.15) is 45.6 Å². The quantitative estimate of drug-likeness (QED) is 0.720. The fraction of sp³-hybridized carbons (Fsp3) is 0.526. The van der Waals surface area contributed by atoms with Crippen molar-refractivity contribution in [1.82, 2.24) is 4.90 Å². The van der Waals surface area contributed by atoms with Gasteiger partial charge in [0, 0.05) is 18.7 Å². The van der Waals surface area contributed by atoms with E-state index in [1.807, 2.05) is 27.7 Å². The van der Waals surface area contributed by atoms with E-state index in [0.717, 1.165) is 0 Å². The summed E-state index contributed by atoms with van der Waals surface area (Å²) in [6.07, 6.45) is 1.67. The number of halogens is 2. The topological polar surface area (TPSA) is 42.7 Å². The van der Waals surface area contributed by atoms with Crippen molar-refractivity contribution < 1.29 is 22.7 Å². The summed E-state index contributed by atoms with van der Waals surface area (Å²) in [6.45, 7) is 8.49. The van der Waals surface area contributed by atoms with Crippen molar-refractivity contribution in [1.29, 1.82) is 0 Å². The Kier molecular flexibility index (Phi) is 4.47. The molecule has 0 saturated carbocycles. The van der Waals surface area contributed by atoms with Crippen LogP contribution in [0, 0.1) is 17.6 Å². The number of carbonyl (C=O) groups excluding carboxylic acids is 1. The highest BCUT2D eigenvalue weighted by Crippen LogP contribution is 2.38. The van der Waals surface area contributed by atoms with Gasteiger partial charge < -0.3 is 14.1 Å². The molecule has 1 amide bonds. The van der Waals surface area contributed by atoms with Crippen LogP contribution in [-0.4, -0.2) is 29.7 Å². The third kappa shape index (κ3) is 3.48. The number of hydrogen-bond acceptors (Lipinski definition) is 3. The molecule has 6 heteroatoms. The zero-order valence-corrected chi connectivity index (χ0v) is 14.9. The van der Waals surface area contributed by atoms with Gasteiger partial charge in [0.1, 0.15) is 11.2 Å². The Labute approximate surface area is 145 Å². The van der Waals surface area contributed by atoms with E-state index < -0.39 is 17.2 Å². The minimum Gasteiger partial charge on any atom is -0.464 e. The molecule has 0 aliphatic carbocycles. The lowest BCUT2D eigenvalue weighted by Gasteiger charge is -2.37. The fourth-order valence-corrected chi connectivity index (χ4v) is 3.48. The number of nitrogens with zero attached hydrogens (tertiary/aromatic N) is 1. The molecule has 2 heterocycles. The standard InChI is InChI=1S/C19H23F2NO3/c1-11-10-22(18(23)25-19(2,3)4)7-5-12(11)14-9-15(20)16(21)13-6-8-24-17(13)14/h6,8-9,11-12H,5,7,10H2,1-4H3/t11-,12-/m1/s1. The van der Waals surface area contributed by atoms with Gasteiger partial charge >= 0.3 is 6.09 Å². The summed E-state index contributed by atoms with van der Waals surface area (Å²) in [5, 5.41) is 0.164. The predicted octanol–water partition coefficient (Wildman–Crippen LogP) is 5.07. The second kappa shape index (κ2) is 6.32. The van der Waals surface area contributed by atoms with E-state index in [0.29, 0.717) is 30.7 Å². The summed E-state index contributed by atoms with van der Waals surface area (Å²) in [7, 11) is 0. The Morgan fingerprint density at radius 3 is 2.72 bits per heavy atom. The van der Waals surface area contributed by atoms with Gasteiger partial charge in [0.15, 0.2) is 11.6 Å². The lowest BCUT2D eigenvalue weighted by molar-refractivity contribution is 0.0155. The fourth-order valence-electron chi connectivity index (χ4n) is 3.48. The van der Waals surface area contributed by atoms with Crippen LogP contribution in [-0.2, 0) is 4.74 Å². The van der Waals surface area contributed by atoms with Gasteiger partial charge in [0.05, 0.1) is 11.6 Å². The van der Waals surface area contributed by atoms with E-state index in [1.54, 1.807) is 4.90 Å². The van der Waals surface area contributed by atoms with E-state index in [-0.39, 0.29) is 23.3 Å². The number of benzene rings is 1. The highest BCUT2D eigenvalue weighted by atomic mass is 19.2. The van der Waals surface area contributed by atoms with Gasteiger partial charge in [-0.25, -0.2) is 13.6 Å². The number of rotatable bonds is 1. The molecular weight excluding hydrogens is 328 g/mol. The zero-order chi connectivity index (χ0) is 18.4. The van der Waals surface area contributed by atoms with Crippen LogP contribution in [0.2, 0.25) is 0 Å². The van der Waals surface area contributed by atoms with Gasteiger partial charge in [-0.1, -0.05) is 6.92 Å². The van der Waals surface area contributed by atoms with Crippen LogP contribution in [0.4, 0.5) is 13.6 Å². The Bertz CT molecular complexity index is 794. The summed E-state index contributed by atoms with van der Waals surface area (Å²) in [5.41, 5.74) is 0.508. The third-order valence-corrected chi connectivity index (χ3v) is 4.61. The largest absolute Gasteiger partial charge is 0.464 e. The summed E-state index contributed by atoms with van der Waals surface area (Å²) in [4.78, 5) is 13.9. The molecule has 136 valence electrons. The second-order valence-corrected chi connectivity index (χ2v) is 7.72. The molecule has 2 atom stereocenters. The van der Waals surface area contributed by atoms with Crippen molar-refractivity contribution in [3.63, 3.8) is 0 Å². The molecule has 0 spiro atoms. The first kappa shape index (κ1) is 17.7. The number of piperidine rings is 1. The molecule has 25 heavy (non-hydrogen) atoms. The Morgan fingerprint density at radius 1 is 1.36 bits per heavy atom. The molecule has 1 aliphatic rings. The minimum atomic E-state index is -0.883. The summed E-state index contributed by atoms with van der Waals surface area (Å²) < 4.78 is 38.7. The Balaban J connectivity index is 1.82. The minimum absolute atomic E-state index is 0.0116. The van der Waals surface area contributed by atoms with Crippen molar-refractivity contribution in [3.05, 3.63) is 35.6 Å². The molecule has 1 aromatic heterocycles. The van der Waals surface area contributed by atoms with Crippen molar-refractivity contribution in [3.8, 4) is 0 Å². The first-order valence-electron chi connectivity index (χ1n) is 8.50. The van der Waals surface area contributed by atoms with E-state index in [1.165, 1.54) is 18.4 Å². The molecule has 1 aliphatic heterocycles. The smallest absolute Gasteiger partial charge is 0.410 e. The maximum Gasteiger partial charge on any atom is 0.410 e. The highest BCUT2D eigenvalue weighted by Gasteiger charge is 2.34. The summed E-state index contributed by atoms with van der Waals surface area (Å²) in [6, 6.07) is 2.67. The van der Waals surface area contributed by atoms with E-state index in [4.69, 9.17) is 9.15 Å². The van der Waals surface area contributed by atoms with Crippen molar-refractivity contribution >= 4 is 17.1 Å². The molecule has 0 unspecified atom stereocenters. The van der Waals surface area contributed by atoms with Gasteiger partial charge in [0.25, 0.3) is 0 Å². The number of fused-ring (bicyclic) bond motifs is 1. The number of ether oxygens (including phenoxy) is 1. The van der Waals surface area contributed by atoms with Crippen LogP contribution in [0.5, 0.6) is 0 Å². The first-order chi connectivity index (χ1) is 11.7. The van der Waals surface area contributed by atoms with Crippen LogP contribution in [0.25, 0.3) is 11.0 Å². The van der Waals surface area contributed by atoms with E-state index >= 15 is 0 Å². The average molecular weight is 351 g/mol. The molecule has 0 N–H and O–H groups in total. The molecule has 2 aromatic rings. The predicted molar refractivity (Wildman–Crippen MR) is 90.5 cm³/mol. The monoisotopic (exact) mass is 351 g/mol. The van der Waals surface area contributed by atoms with Gasteiger partial charge in [-0.2, -0.15) is 0 Å². The molecule has 1 aromatic carbocycles. The van der Waals surface area contributed by atoms with E-state index in [2.05, 4.69) is 0 Å². The molecule has 1 saturated heterocycles. The molecule has 3 rings (SSSR count). The lowest BCUT2D eigenvalue weighted by atomic mass is 9.81. The van der Waals surface area contributed by atoms with E-state index in [9.17, 15) is 13.6 Å². The maximum absolute atomic E-state index is 14.0. The number of amides is 1. The molecular formula is C19H23F2NO3. The van der Waals surface area contributed by atoms with Crippen molar-refractivity contribution in [2.24, 2.45) is 5.92 Å². The Morgan fingerprint density at radius 2 is 2.08 bits per heavy atom. The lowest BCUT2D eigenvalue weighted by Crippen LogP contribution is -2.44. The SMILES string of the molecule is C[C@@H]1CN(C(=O)OC(C)(C)C)CC[C@H]1c1cc(F)c(F)c2ccoc12. The van der Waals surface area contributed by atoms with Gasteiger partial charge in [-0.15, -0.1) is 0 Å². The van der Waals surface area contributed by atoms with Gasteiger partial charge in [0.2, 0.25) is 0 Å². The van der Waals surface area contributed by atoms with Crippen LogP contribution < -0.4 is 0 Å². The molecule has 1 fully saturated rings. The molecule has 0 bridgehead atoms. The number of likely N-dealkylation sites (tertiary alicyclic amines) is 1. The van der Waals surface area contributed by atoms with Crippen LogP contribution >= 0.6 is 0 Å². The van der Waals surface area contributed by atoms with Gasteiger partial charge in [-0.3, -0.25) is 0 Å². The average Bonchev–Trinajstić information content (AvgIpc) is 2.99. The molecule has 4 nitrogen and oxygen atoms in total. The number of furan rings is 1. The highest BCUT2D eigenvalue weighted by molar-refractivity contribution is 5.82. The maximum atomic E-state index is 14.0. The third-order valence-electron chi connectivity index (χ3n) is 4.61.